The van der Waals surface area contributed by atoms with Crippen LogP contribution >= 0.6 is 0 Å². The normalized spacial score (nSPS) is 8.18. The number of benzene rings is 3. The molecule has 3 rings (SSSR count). The quantitative estimate of drug-likeness (QED) is 0.349. The molecule has 0 saturated carbocycles. The van der Waals surface area contributed by atoms with E-state index in [1.807, 2.05) is 91.0 Å². The molecule has 0 spiro atoms. The van der Waals surface area contributed by atoms with Gasteiger partial charge in [-0.1, -0.05) is 18.2 Å². The summed E-state index contributed by atoms with van der Waals surface area (Å²) in [6.07, 6.45) is 0. The first-order valence-corrected chi connectivity index (χ1v) is 6.79. The summed E-state index contributed by atoms with van der Waals surface area (Å²) in [5, 5.41) is 0. The van der Waals surface area contributed by atoms with E-state index >= 15 is 0 Å². The van der Waals surface area contributed by atoms with Crippen molar-refractivity contribution < 1.29 is 27.3 Å². The molecule has 0 heterocycles. The molecule has 0 nitrogen and oxygen atoms in total. The Morgan fingerprint density at radius 1 is 0.364 bits per heavy atom. The van der Waals surface area contributed by atoms with Crippen LogP contribution in [0.3, 0.4) is 0 Å². The first kappa shape index (κ1) is 20.2. The summed E-state index contributed by atoms with van der Waals surface area (Å²) in [5.74, 6) is 0. The Kier molecular flexibility index (Phi) is 11.8. The molecule has 1 heteroatoms. The molecule has 22 heavy (non-hydrogen) atoms. The first-order chi connectivity index (χ1) is 10.2. The second-order valence-corrected chi connectivity index (χ2v) is 4.46. The predicted octanol–water partition coefficient (Wildman–Crippen LogP) is 5.60. The van der Waals surface area contributed by atoms with E-state index in [1.165, 1.54) is 0 Å². The Bertz CT molecular complexity index is 485. The maximum atomic E-state index is 3.72. The standard InChI is InChI=1S/3C7H7.Cd/c3*1-7-5-3-2-4-6-7;/h3*2-6H,1H2;/q3*-1;. The van der Waals surface area contributed by atoms with Crippen molar-refractivity contribution in [3.63, 3.8) is 0 Å². The molecule has 0 saturated heterocycles. The van der Waals surface area contributed by atoms with Crippen molar-refractivity contribution in [1.82, 2.24) is 0 Å². The molecule has 0 radical (unpaired) electrons. The predicted molar refractivity (Wildman–Crippen MR) is 92.7 cm³/mol. The zero-order valence-electron chi connectivity index (χ0n) is 13.0. The summed E-state index contributed by atoms with van der Waals surface area (Å²) in [6.45, 7) is 11.2. The van der Waals surface area contributed by atoms with Crippen LogP contribution < -0.4 is 0 Å². The van der Waals surface area contributed by atoms with Crippen LogP contribution in [-0.2, 0) is 27.3 Å². The van der Waals surface area contributed by atoms with Gasteiger partial charge in [0.2, 0.25) is 0 Å². The van der Waals surface area contributed by atoms with Crippen molar-refractivity contribution >= 4 is 0 Å². The van der Waals surface area contributed by atoms with Gasteiger partial charge in [0, 0.05) is 27.3 Å². The average Bonchev–Trinajstić information content (AvgIpc) is 2.51. The SMILES string of the molecule is [CH2-]c1ccccc1.[CH2-]c1ccccc1.[CH2-]c1ccccc1.[Cd]. The maximum absolute atomic E-state index is 3.72. The molecule has 0 amide bonds. The molecule has 0 N–H and O–H groups in total. The van der Waals surface area contributed by atoms with Gasteiger partial charge in [0.1, 0.15) is 0 Å². The van der Waals surface area contributed by atoms with Crippen LogP contribution in [0.25, 0.3) is 0 Å². The van der Waals surface area contributed by atoms with Gasteiger partial charge in [-0.15, -0.1) is 36.4 Å². The summed E-state index contributed by atoms with van der Waals surface area (Å²) < 4.78 is 0. The van der Waals surface area contributed by atoms with Gasteiger partial charge in [0.05, 0.1) is 0 Å². The van der Waals surface area contributed by atoms with E-state index in [2.05, 4.69) is 20.8 Å². The third kappa shape index (κ3) is 10.9. The molecule has 0 aliphatic rings. The van der Waals surface area contributed by atoms with Crippen molar-refractivity contribution in [2.75, 3.05) is 0 Å². The molecule has 3 aromatic rings. The molecule has 0 bridgehead atoms. The Hall–Kier alpha value is -1.81. The largest absolute Gasteiger partial charge is 0.199 e. The summed E-state index contributed by atoms with van der Waals surface area (Å²) in [4.78, 5) is 0. The van der Waals surface area contributed by atoms with Gasteiger partial charge in [0.15, 0.2) is 0 Å². The molecule has 0 aliphatic carbocycles. The van der Waals surface area contributed by atoms with E-state index in [0.717, 1.165) is 16.7 Å². The van der Waals surface area contributed by atoms with E-state index in [1.54, 1.807) is 0 Å². The molecule has 0 fully saturated rings. The molecule has 0 unspecified atom stereocenters. The van der Waals surface area contributed by atoms with E-state index in [9.17, 15) is 0 Å². The Morgan fingerprint density at radius 3 is 0.636 bits per heavy atom. The summed E-state index contributed by atoms with van der Waals surface area (Å²) >= 11 is 0. The van der Waals surface area contributed by atoms with Crippen LogP contribution in [0.5, 0.6) is 0 Å². The smallest absolute Gasteiger partial charge is 0 e. The van der Waals surface area contributed by atoms with Crippen molar-refractivity contribution in [3.05, 3.63) is 128 Å². The van der Waals surface area contributed by atoms with E-state index in [4.69, 9.17) is 0 Å². The van der Waals surface area contributed by atoms with Gasteiger partial charge in [-0.3, -0.25) is 0 Å². The monoisotopic (exact) mass is 387 g/mol. The van der Waals surface area contributed by atoms with Crippen molar-refractivity contribution in [3.8, 4) is 0 Å². The number of rotatable bonds is 0. The minimum Gasteiger partial charge on any atom is -0.199 e. The Labute approximate surface area is 155 Å². The van der Waals surface area contributed by atoms with Crippen LogP contribution in [0.2, 0.25) is 0 Å². The van der Waals surface area contributed by atoms with Crippen molar-refractivity contribution in [2.45, 2.75) is 0 Å². The van der Waals surface area contributed by atoms with E-state index in [-0.39, 0.29) is 27.3 Å². The van der Waals surface area contributed by atoms with Crippen LogP contribution in [0.4, 0.5) is 0 Å². The second kappa shape index (κ2) is 12.9. The summed E-state index contributed by atoms with van der Waals surface area (Å²) in [6, 6.07) is 29.6. The van der Waals surface area contributed by atoms with E-state index in [0.29, 0.717) is 0 Å². The molecular weight excluding hydrogens is 365 g/mol. The molecule has 3 aromatic carbocycles. The fourth-order valence-electron chi connectivity index (χ4n) is 1.43. The van der Waals surface area contributed by atoms with Gasteiger partial charge in [-0.25, -0.2) is 0 Å². The van der Waals surface area contributed by atoms with Gasteiger partial charge in [-0.2, -0.15) is 73.9 Å². The molecular formula is C21H21Cd-3. The zero-order valence-corrected chi connectivity index (χ0v) is 17.0. The second-order valence-electron chi connectivity index (χ2n) is 4.46. The van der Waals surface area contributed by atoms with Crippen molar-refractivity contribution in [1.29, 1.82) is 0 Å². The van der Waals surface area contributed by atoms with Crippen LogP contribution in [0.1, 0.15) is 16.7 Å². The molecule has 110 valence electrons. The molecule has 0 atom stereocenters. The minimum absolute atomic E-state index is 0. The van der Waals surface area contributed by atoms with Crippen LogP contribution in [-0.4, -0.2) is 0 Å². The number of hydrogen-bond acceptors (Lipinski definition) is 0. The zero-order chi connectivity index (χ0) is 15.3. The fourth-order valence-corrected chi connectivity index (χ4v) is 1.43. The Balaban J connectivity index is 0.000000294. The summed E-state index contributed by atoms with van der Waals surface area (Å²) in [7, 11) is 0. The van der Waals surface area contributed by atoms with Crippen LogP contribution in [0.15, 0.2) is 91.0 Å². The third-order valence-corrected chi connectivity index (χ3v) is 2.53. The Morgan fingerprint density at radius 2 is 0.545 bits per heavy atom. The van der Waals surface area contributed by atoms with Gasteiger partial charge in [0.25, 0.3) is 0 Å². The van der Waals surface area contributed by atoms with Gasteiger partial charge in [-0.05, 0) is 0 Å². The topological polar surface area (TPSA) is 0 Å². The van der Waals surface area contributed by atoms with E-state index < -0.39 is 0 Å². The number of hydrogen-bond donors (Lipinski definition) is 0. The fraction of sp³-hybridized carbons (Fsp3) is 0. The molecule has 0 aliphatic heterocycles. The van der Waals surface area contributed by atoms with Gasteiger partial charge < -0.3 is 0 Å². The van der Waals surface area contributed by atoms with Crippen molar-refractivity contribution in [2.24, 2.45) is 0 Å². The summed E-state index contributed by atoms with van der Waals surface area (Å²) in [5.41, 5.74) is 3.22. The third-order valence-electron chi connectivity index (χ3n) is 2.53. The molecule has 0 aromatic heterocycles. The first-order valence-electron chi connectivity index (χ1n) is 6.79. The van der Waals surface area contributed by atoms with Gasteiger partial charge >= 0.3 is 0 Å². The maximum Gasteiger partial charge on any atom is 0 e. The van der Waals surface area contributed by atoms with Crippen LogP contribution in [0, 0.1) is 20.8 Å². The average molecular weight is 386 g/mol. The minimum atomic E-state index is 0.